The molecule has 1 aromatic rings. The number of halogens is 1. The molecule has 1 aliphatic rings. The Hall–Kier alpha value is -0.820. The first-order valence-corrected chi connectivity index (χ1v) is 8.82. The van der Waals surface area contributed by atoms with Gasteiger partial charge in [0.2, 0.25) is 0 Å². The van der Waals surface area contributed by atoms with Crippen LogP contribution in [0.5, 0.6) is 0 Å². The summed E-state index contributed by atoms with van der Waals surface area (Å²) >= 11 is 7.23. The molecule has 1 atom stereocenters. The van der Waals surface area contributed by atoms with Crippen molar-refractivity contribution in [3.05, 3.63) is 21.3 Å². The predicted molar refractivity (Wildman–Crippen MR) is 91.7 cm³/mol. The van der Waals surface area contributed by atoms with Crippen molar-refractivity contribution in [1.29, 1.82) is 0 Å². The van der Waals surface area contributed by atoms with Gasteiger partial charge >= 0.3 is 0 Å². The number of hydrogen-bond donors (Lipinski definition) is 4. The summed E-state index contributed by atoms with van der Waals surface area (Å²) in [5.41, 5.74) is -0.643. The summed E-state index contributed by atoms with van der Waals surface area (Å²) in [6.07, 6.45) is 4.36. The van der Waals surface area contributed by atoms with E-state index in [1.165, 1.54) is 17.8 Å². The number of aliphatic hydroxyl groups excluding tert-OH is 1. The minimum Gasteiger partial charge on any atom is -0.388 e. The molecule has 5 nitrogen and oxygen atoms in total. The minimum absolute atomic E-state index is 0.342. The fourth-order valence-corrected chi connectivity index (χ4v) is 3.70. The molecule has 0 saturated heterocycles. The lowest BCUT2D eigenvalue weighted by molar-refractivity contribution is 0.00857. The number of hydrogen-bond acceptors (Lipinski definition) is 4. The lowest BCUT2D eigenvalue weighted by atomic mass is 9.85. The van der Waals surface area contributed by atoms with Crippen molar-refractivity contribution in [1.82, 2.24) is 10.6 Å². The van der Waals surface area contributed by atoms with E-state index >= 15 is 0 Å². The summed E-state index contributed by atoms with van der Waals surface area (Å²) in [6, 6.07) is 3.59. The molecule has 1 unspecified atom stereocenters. The van der Waals surface area contributed by atoms with Gasteiger partial charge in [0.05, 0.1) is 9.94 Å². The number of aliphatic imine (C=N–C) groups is 1. The summed E-state index contributed by atoms with van der Waals surface area (Å²) in [5, 5.41) is 26.8. The zero-order valence-electron chi connectivity index (χ0n) is 12.8. The molecule has 0 radical (unpaired) electrons. The second-order valence-corrected chi connectivity index (χ2v) is 7.50. The monoisotopic (exact) mass is 345 g/mol. The van der Waals surface area contributed by atoms with Crippen molar-refractivity contribution in [3.63, 3.8) is 0 Å². The van der Waals surface area contributed by atoms with Crippen LogP contribution < -0.4 is 10.6 Å². The molecule has 2 rings (SSSR count). The third kappa shape index (κ3) is 5.12. The van der Waals surface area contributed by atoms with Gasteiger partial charge in [-0.2, -0.15) is 0 Å². The van der Waals surface area contributed by atoms with Crippen LogP contribution in [0.1, 0.15) is 43.1 Å². The van der Waals surface area contributed by atoms with E-state index < -0.39 is 11.7 Å². The summed E-state index contributed by atoms with van der Waals surface area (Å²) in [4.78, 5) is 4.94. The van der Waals surface area contributed by atoms with Gasteiger partial charge in [-0.25, -0.2) is 0 Å². The van der Waals surface area contributed by atoms with E-state index in [-0.39, 0.29) is 0 Å². The molecule has 0 spiro atoms. The van der Waals surface area contributed by atoms with E-state index in [9.17, 15) is 10.2 Å². The maximum Gasteiger partial charge on any atom is 0.191 e. The predicted octanol–water partition coefficient (Wildman–Crippen LogP) is 2.30. The Morgan fingerprint density at radius 3 is 2.68 bits per heavy atom. The van der Waals surface area contributed by atoms with Crippen molar-refractivity contribution in [2.45, 2.75) is 43.8 Å². The molecule has 1 saturated carbocycles. The highest BCUT2D eigenvalue weighted by atomic mass is 35.5. The molecule has 0 aromatic carbocycles. The van der Waals surface area contributed by atoms with E-state index in [2.05, 4.69) is 15.6 Å². The van der Waals surface area contributed by atoms with Crippen LogP contribution in [0.3, 0.4) is 0 Å². The normalized spacial score (nSPS) is 19.7. The molecule has 1 aromatic heterocycles. The molecule has 0 aliphatic heterocycles. The molecule has 7 heteroatoms. The largest absolute Gasteiger partial charge is 0.388 e. The van der Waals surface area contributed by atoms with Crippen LogP contribution >= 0.6 is 22.9 Å². The van der Waals surface area contributed by atoms with Crippen molar-refractivity contribution in [2.24, 2.45) is 4.99 Å². The third-order valence-electron chi connectivity index (χ3n) is 3.98. The van der Waals surface area contributed by atoms with Crippen molar-refractivity contribution < 1.29 is 10.2 Å². The number of aliphatic hydroxyl groups is 2. The van der Waals surface area contributed by atoms with Crippen LogP contribution in [0, 0.1) is 0 Å². The Morgan fingerprint density at radius 2 is 2.09 bits per heavy atom. The first-order valence-electron chi connectivity index (χ1n) is 7.63. The lowest BCUT2D eigenvalue weighted by Crippen LogP contribution is -2.48. The number of nitrogens with one attached hydrogen (secondary N) is 2. The van der Waals surface area contributed by atoms with E-state index in [4.69, 9.17) is 11.6 Å². The quantitative estimate of drug-likeness (QED) is 0.488. The minimum atomic E-state index is -0.643. The maximum atomic E-state index is 10.5. The second kappa shape index (κ2) is 8.15. The van der Waals surface area contributed by atoms with Crippen molar-refractivity contribution >= 4 is 28.9 Å². The summed E-state index contributed by atoms with van der Waals surface area (Å²) < 4.78 is 0.663. The number of rotatable bonds is 5. The van der Waals surface area contributed by atoms with Crippen LogP contribution in [0.4, 0.5) is 0 Å². The highest BCUT2D eigenvalue weighted by Crippen LogP contribution is 2.27. The van der Waals surface area contributed by atoms with E-state index in [1.54, 1.807) is 13.1 Å². The molecule has 0 amide bonds. The molecule has 124 valence electrons. The van der Waals surface area contributed by atoms with Crippen LogP contribution in [-0.4, -0.2) is 41.9 Å². The fourth-order valence-electron chi connectivity index (χ4n) is 2.66. The summed E-state index contributed by atoms with van der Waals surface area (Å²) in [5.74, 6) is 0.584. The number of thiophene rings is 1. The first-order chi connectivity index (χ1) is 10.5. The van der Waals surface area contributed by atoms with Crippen LogP contribution in [0.25, 0.3) is 0 Å². The van der Waals surface area contributed by atoms with Gasteiger partial charge in [0.15, 0.2) is 5.96 Å². The van der Waals surface area contributed by atoms with E-state index in [0.717, 1.165) is 30.6 Å². The molecule has 0 bridgehead atoms. The van der Waals surface area contributed by atoms with Gasteiger partial charge in [0.25, 0.3) is 0 Å². The first kappa shape index (κ1) is 17.5. The number of guanidine groups is 1. The molecule has 1 heterocycles. The van der Waals surface area contributed by atoms with Gasteiger partial charge < -0.3 is 20.8 Å². The highest BCUT2D eigenvalue weighted by molar-refractivity contribution is 7.16. The van der Waals surface area contributed by atoms with Crippen LogP contribution in [0.2, 0.25) is 4.34 Å². The van der Waals surface area contributed by atoms with Gasteiger partial charge in [-0.15, -0.1) is 11.3 Å². The Labute approximate surface area is 140 Å². The maximum absolute atomic E-state index is 10.5. The summed E-state index contributed by atoms with van der Waals surface area (Å²) in [6.45, 7) is 0.822. The zero-order chi connectivity index (χ0) is 16.0. The SMILES string of the molecule is CN=C(NCC(O)c1ccc(Cl)s1)NCC1(O)CCCCC1. The molecular formula is C15H24ClN3O2S. The molecule has 1 fully saturated rings. The Balaban J connectivity index is 1.77. The average molecular weight is 346 g/mol. The fraction of sp³-hybridized carbons (Fsp3) is 0.667. The average Bonchev–Trinajstić information content (AvgIpc) is 2.94. The van der Waals surface area contributed by atoms with Crippen LogP contribution in [0.15, 0.2) is 17.1 Å². The molecule has 1 aliphatic carbocycles. The van der Waals surface area contributed by atoms with Gasteiger partial charge in [0, 0.05) is 25.0 Å². The van der Waals surface area contributed by atoms with Gasteiger partial charge in [0.1, 0.15) is 6.10 Å². The summed E-state index contributed by atoms with van der Waals surface area (Å²) in [7, 11) is 1.68. The molecule has 22 heavy (non-hydrogen) atoms. The van der Waals surface area contributed by atoms with Crippen molar-refractivity contribution in [3.8, 4) is 0 Å². The van der Waals surface area contributed by atoms with Crippen molar-refractivity contribution in [2.75, 3.05) is 20.1 Å². The smallest absolute Gasteiger partial charge is 0.191 e. The van der Waals surface area contributed by atoms with Crippen LogP contribution in [-0.2, 0) is 0 Å². The van der Waals surface area contributed by atoms with E-state index in [0.29, 0.717) is 23.4 Å². The standard InChI is InChI=1S/C15H24ClN3O2S/c1-17-14(19-10-15(21)7-3-2-4-8-15)18-9-11(20)12-5-6-13(16)22-12/h5-6,11,20-21H,2-4,7-10H2,1H3,(H2,17,18,19). The molecular weight excluding hydrogens is 322 g/mol. The Morgan fingerprint density at radius 1 is 1.36 bits per heavy atom. The highest BCUT2D eigenvalue weighted by Gasteiger charge is 2.29. The van der Waals surface area contributed by atoms with Gasteiger partial charge in [-0.3, -0.25) is 4.99 Å². The van der Waals surface area contributed by atoms with E-state index in [1.807, 2.05) is 6.07 Å². The second-order valence-electron chi connectivity index (χ2n) is 5.75. The lowest BCUT2D eigenvalue weighted by Gasteiger charge is -2.32. The Bertz CT molecular complexity index is 501. The van der Waals surface area contributed by atoms with Gasteiger partial charge in [-0.05, 0) is 25.0 Å². The Kier molecular flexibility index (Phi) is 6.50. The molecule has 4 N–H and O–H groups in total. The zero-order valence-corrected chi connectivity index (χ0v) is 14.4. The number of nitrogens with zero attached hydrogens (tertiary/aromatic N) is 1. The third-order valence-corrected chi connectivity index (χ3v) is 5.31. The van der Waals surface area contributed by atoms with Gasteiger partial charge in [-0.1, -0.05) is 30.9 Å². The topological polar surface area (TPSA) is 76.9 Å².